The molecule has 210 valence electrons. The van der Waals surface area contributed by atoms with E-state index < -0.39 is 0 Å². The largest absolute Gasteiger partial charge is 0.453 e. The minimum absolute atomic E-state index is 0.652. The van der Waals surface area contributed by atoms with Crippen LogP contribution in [0, 0.1) is 0 Å². The number of ether oxygens (including phenoxy) is 2. The first-order valence-corrected chi connectivity index (χ1v) is 14.8. The Hall–Kier alpha value is -5.86. The fraction of sp³-hybridized carbons (Fsp3) is 0. The maximum absolute atomic E-state index is 6.54. The Balaban J connectivity index is 1.12. The average molecular weight is 567 g/mol. The molecule has 0 heterocycles. The molecule has 0 spiro atoms. The average Bonchev–Trinajstić information content (AvgIpc) is 3.11. The van der Waals surface area contributed by atoms with Crippen LogP contribution in [0.3, 0.4) is 0 Å². The number of hydrogen-bond donors (Lipinski definition) is 0. The molecule has 2 heteroatoms. The van der Waals surface area contributed by atoms with Crippen LogP contribution in [0.15, 0.2) is 182 Å². The third-order valence-electron chi connectivity index (χ3n) is 7.62. The van der Waals surface area contributed by atoms with Crippen LogP contribution in [0.25, 0.3) is 44.5 Å². The lowest BCUT2D eigenvalue weighted by molar-refractivity contribution is 0.419. The predicted octanol–water partition coefficient (Wildman–Crippen LogP) is 11.9. The molecule has 2 nitrogen and oxygen atoms in total. The van der Waals surface area contributed by atoms with Gasteiger partial charge in [0.05, 0.1) is 0 Å². The van der Waals surface area contributed by atoms with Crippen LogP contribution in [-0.2, 0) is 0 Å². The van der Waals surface area contributed by atoms with Crippen molar-refractivity contribution in [2.24, 2.45) is 0 Å². The maximum Gasteiger partial charge on any atom is 0.169 e. The van der Waals surface area contributed by atoms with E-state index in [2.05, 4.69) is 115 Å². The normalized spacial score (nSPS) is 10.7. The van der Waals surface area contributed by atoms with Crippen LogP contribution in [0.5, 0.6) is 23.0 Å². The summed E-state index contributed by atoms with van der Waals surface area (Å²) in [5.74, 6) is 2.81. The van der Waals surface area contributed by atoms with E-state index in [0.29, 0.717) is 11.5 Å². The molecule has 0 amide bonds. The molecular weight excluding hydrogens is 536 g/mol. The molecule has 7 aromatic rings. The number of rotatable bonds is 8. The van der Waals surface area contributed by atoms with E-state index in [-0.39, 0.29) is 0 Å². The fourth-order valence-electron chi connectivity index (χ4n) is 5.38. The van der Waals surface area contributed by atoms with Crippen molar-refractivity contribution < 1.29 is 9.47 Å². The summed E-state index contributed by atoms with van der Waals surface area (Å²) < 4.78 is 12.9. The van der Waals surface area contributed by atoms with E-state index in [9.17, 15) is 0 Å². The first kappa shape index (κ1) is 27.0. The molecule has 0 aliphatic heterocycles. The molecule has 0 saturated carbocycles. The second kappa shape index (κ2) is 12.6. The topological polar surface area (TPSA) is 18.5 Å². The lowest BCUT2D eigenvalue weighted by atomic mass is 9.98. The Bertz CT molecular complexity index is 1990. The van der Waals surface area contributed by atoms with Crippen LogP contribution in [0.2, 0.25) is 0 Å². The van der Waals surface area contributed by atoms with Gasteiger partial charge in [0.15, 0.2) is 11.5 Å². The van der Waals surface area contributed by atoms with E-state index in [1.54, 1.807) is 0 Å². The highest BCUT2D eigenvalue weighted by Gasteiger charge is 2.12. The van der Waals surface area contributed by atoms with Crippen LogP contribution in [-0.4, -0.2) is 0 Å². The molecule has 0 radical (unpaired) electrons. The zero-order chi connectivity index (χ0) is 29.6. The van der Waals surface area contributed by atoms with Gasteiger partial charge in [0, 0.05) is 5.56 Å². The molecule has 0 aromatic heterocycles. The van der Waals surface area contributed by atoms with Gasteiger partial charge in [-0.15, -0.1) is 0 Å². The van der Waals surface area contributed by atoms with E-state index in [1.165, 1.54) is 16.7 Å². The highest BCUT2D eigenvalue weighted by Crippen LogP contribution is 2.40. The van der Waals surface area contributed by atoms with Gasteiger partial charge >= 0.3 is 0 Å². The van der Waals surface area contributed by atoms with Gasteiger partial charge in [-0.3, -0.25) is 0 Å². The van der Waals surface area contributed by atoms with Gasteiger partial charge in [0.2, 0.25) is 0 Å². The minimum Gasteiger partial charge on any atom is -0.453 e. The summed E-state index contributed by atoms with van der Waals surface area (Å²) >= 11 is 0. The molecule has 0 unspecified atom stereocenters. The van der Waals surface area contributed by atoms with Crippen molar-refractivity contribution in [2.45, 2.75) is 0 Å². The maximum atomic E-state index is 6.54. The second-order valence-corrected chi connectivity index (χ2v) is 10.6. The van der Waals surface area contributed by atoms with Crippen molar-refractivity contribution >= 4 is 0 Å². The Morgan fingerprint density at radius 3 is 1.25 bits per heavy atom. The molecule has 0 N–H and O–H groups in total. The standard InChI is InChI=1S/C42H30O2/c1-3-13-31(14-4-1)34-17-11-18-35(29-34)33-25-27-38(28-26-33)43-41-23-9-10-24-42(41)44-40-22-8-7-21-39(40)37-20-12-19-36(30-37)32-15-5-2-6-16-32/h1-30H. The van der Waals surface area contributed by atoms with E-state index in [4.69, 9.17) is 9.47 Å². The summed E-state index contributed by atoms with van der Waals surface area (Å²) in [4.78, 5) is 0. The van der Waals surface area contributed by atoms with E-state index in [1.807, 2.05) is 66.7 Å². The summed E-state index contributed by atoms with van der Waals surface area (Å²) in [6.07, 6.45) is 0. The molecule has 0 aliphatic rings. The molecule has 7 aromatic carbocycles. The predicted molar refractivity (Wildman–Crippen MR) is 181 cm³/mol. The second-order valence-electron chi connectivity index (χ2n) is 10.6. The summed E-state index contributed by atoms with van der Waals surface area (Å²) in [6.45, 7) is 0. The third kappa shape index (κ3) is 6.01. The smallest absolute Gasteiger partial charge is 0.169 e. The summed E-state index contributed by atoms with van der Waals surface area (Å²) in [5.41, 5.74) is 9.14. The van der Waals surface area contributed by atoms with Gasteiger partial charge in [-0.1, -0.05) is 140 Å². The van der Waals surface area contributed by atoms with Crippen molar-refractivity contribution in [1.29, 1.82) is 0 Å². The van der Waals surface area contributed by atoms with Gasteiger partial charge in [-0.25, -0.2) is 0 Å². The molecule has 44 heavy (non-hydrogen) atoms. The monoisotopic (exact) mass is 566 g/mol. The third-order valence-corrected chi connectivity index (χ3v) is 7.62. The Morgan fingerprint density at radius 1 is 0.250 bits per heavy atom. The number of benzene rings is 7. The summed E-state index contributed by atoms with van der Waals surface area (Å²) in [5, 5.41) is 0. The molecule has 0 bridgehead atoms. The SMILES string of the molecule is c1ccc(-c2cccc(-c3ccc(Oc4ccccc4Oc4ccccc4-c4cccc(-c5ccccc5)c4)cc3)c2)cc1. The molecule has 0 fully saturated rings. The number of hydrogen-bond acceptors (Lipinski definition) is 2. The van der Waals surface area contributed by atoms with Crippen LogP contribution in [0.4, 0.5) is 0 Å². The zero-order valence-electron chi connectivity index (χ0n) is 24.1. The van der Waals surface area contributed by atoms with Crippen LogP contribution < -0.4 is 9.47 Å². The minimum atomic E-state index is 0.652. The fourth-order valence-corrected chi connectivity index (χ4v) is 5.38. The molecule has 0 atom stereocenters. The number of para-hydroxylation sites is 3. The van der Waals surface area contributed by atoms with Crippen molar-refractivity contribution in [3.8, 4) is 67.5 Å². The van der Waals surface area contributed by atoms with Gasteiger partial charge in [0.1, 0.15) is 11.5 Å². The lowest BCUT2D eigenvalue weighted by Gasteiger charge is -2.15. The molecule has 7 rings (SSSR count). The van der Waals surface area contributed by atoms with E-state index in [0.717, 1.165) is 39.3 Å². The van der Waals surface area contributed by atoms with Crippen LogP contribution in [0.1, 0.15) is 0 Å². The lowest BCUT2D eigenvalue weighted by Crippen LogP contribution is -1.92. The zero-order valence-corrected chi connectivity index (χ0v) is 24.1. The van der Waals surface area contributed by atoms with Gasteiger partial charge in [0.25, 0.3) is 0 Å². The Kier molecular flexibility index (Phi) is 7.71. The van der Waals surface area contributed by atoms with Gasteiger partial charge in [-0.2, -0.15) is 0 Å². The first-order chi connectivity index (χ1) is 21.8. The summed E-state index contributed by atoms with van der Waals surface area (Å²) in [7, 11) is 0. The Labute approximate surface area is 258 Å². The van der Waals surface area contributed by atoms with Gasteiger partial charge in [-0.05, 0) is 81.4 Å². The van der Waals surface area contributed by atoms with E-state index >= 15 is 0 Å². The quantitative estimate of drug-likeness (QED) is 0.182. The van der Waals surface area contributed by atoms with Crippen molar-refractivity contribution in [3.05, 3.63) is 182 Å². The van der Waals surface area contributed by atoms with Crippen LogP contribution >= 0.6 is 0 Å². The van der Waals surface area contributed by atoms with Crippen molar-refractivity contribution in [2.75, 3.05) is 0 Å². The Morgan fingerprint density at radius 2 is 0.659 bits per heavy atom. The molecule has 0 aliphatic carbocycles. The highest BCUT2D eigenvalue weighted by atomic mass is 16.5. The first-order valence-electron chi connectivity index (χ1n) is 14.8. The summed E-state index contributed by atoms with van der Waals surface area (Å²) in [6, 6.07) is 62.1. The highest BCUT2D eigenvalue weighted by molar-refractivity contribution is 5.77. The van der Waals surface area contributed by atoms with Crippen molar-refractivity contribution in [3.63, 3.8) is 0 Å². The van der Waals surface area contributed by atoms with Crippen molar-refractivity contribution in [1.82, 2.24) is 0 Å². The molecular formula is C42H30O2. The van der Waals surface area contributed by atoms with Gasteiger partial charge < -0.3 is 9.47 Å². The molecule has 0 saturated heterocycles.